The normalized spacial score (nSPS) is 10.3. The van der Waals surface area contributed by atoms with Crippen LogP contribution >= 0.6 is 0 Å². The Morgan fingerprint density at radius 2 is 1.89 bits per heavy atom. The minimum atomic E-state index is -0.737. The minimum Gasteiger partial charge on any atom is -0.481 e. The molecule has 0 aromatic heterocycles. The molecule has 1 rings (SSSR count). The molecule has 0 amide bonds. The standard InChI is InChI=1S/C15H23NO2/c1-3-10-16(11-4-2)14-7-5-6-13(12-14)8-9-15(17)18/h5-7,12H,3-4,8-11H2,1-2H3,(H,17,18). The lowest BCUT2D eigenvalue weighted by Crippen LogP contribution is -2.24. The van der Waals surface area contributed by atoms with Gasteiger partial charge in [0.25, 0.3) is 0 Å². The number of carbonyl (C=O) groups is 1. The molecule has 1 aromatic carbocycles. The number of hydrogen-bond acceptors (Lipinski definition) is 2. The van der Waals surface area contributed by atoms with Crippen molar-refractivity contribution in [2.24, 2.45) is 0 Å². The lowest BCUT2D eigenvalue weighted by Gasteiger charge is -2.24. The summed E-state index contributed by atoms with van der Waals surface area (Å²) < 4.78 is 0. The number of hydrogen-bond donors (Lipinski definition) is 1. The molecule has 0 radical (unpaired) electrons. The SMILES string of the molecule is CCCN(CCC)c1cccc(CCC(=O)O)c1. The van der Waals surface area contributed by atoms with Gasteiger partial charge in [-0.3, -0.25) is 4.79 Å². The second-order valence-corrected chi connectivity index (χ2v) is 4.55. The number of carboxylic acid groups (broad SMARTS) is 1. The Labute approximate surface area is 109 Å². The van der Waals surface area contributed by atoms with Crippen molar-refractivity contribution in [3.8, 4) is 0 Å². The van der Waals surface area contributed by atoms with Crippen molar-refractivity contribution in [3.63, 3.8) is 0 Å². The van der Waals surface area contributed by atoms with Crippen LogP contribution in [0.5, 0.6) is 0 Å². The molecule has 0 saturated carbocycles. The molecule has 0 aliphatic rings. The molecule has 18 heavy (non-hydrogen) atoms. The van der Waals surface area contributed by atoms with Crippen molar-refractivity contribution in [2.45, 2.75) is 39.5 Å². The zero-order valence-corrected chi connectivity index (χ0v) is 11.4. The predicted octanol–water partition coefficient (Wildman–Crippen LogP) is 3.33. The largest absolute Gasteiger partial charge is 0.481 e. The third kappa shape index (κ3) is 4.78. The summed E-state index contributed by atoms with van der Waals surface area (Å²) >= 11 is 0. The molecule has 3 heteroatoms. The fraction of sp³-hybridized carbons (Fsp3) is 0.533. The lowest BCUT2D eigenvalue weighted by molar-refractivity contribution is -0.136. The zero-order chi connectivity index (χ0) is 13.4. The number of carboxylic acids is 1. The molecule has 0 spiro atoms. The molecular weight excluding hydrogens is 226 g/mol. The van der Waals surface area contributed by atoms with Crippen LogP contribution in [-0.4, -0.2) is 24.2 Å². The summed E-state index contributed by atoms with van der Waals surface area (Å²) in [6.07, 6.45) is 3.05. The molecule has 0 aliphatic carbocycles. The smallest absolute Gasteiger partial charge is 0.303 e. The molecule has 1 aromatic rings. The molecule has 0 bridgehead atoms. The van der Waals surface area contributed by atoms with E-state index in [9.17, 15) is 4.79 Å². The number of rotatable bonds is 8. The van der Waals surface area contributed by atoms with E-state index in [1.165, 1.54) is 5.69 Å². The van der Waals surface area contributed by atoms with Gasteiger partial charge in [0.1, 0.15) is 0 Å². The van der Waals surface area contributed by atoms with Crippen molar-refractivity contribution in [3.05, 3.63) is 29.8 Å². The Morgan fingerprint density at radius 3 is 2.44 bits per heavy atom. The average Bonchev–Trinajstić information content (AvgIpc) is 2.36. The van der Waals surface area contributed by atoms with Crippen LogP contribution in [0.4, 0.5) is 5.69 Å². The Balaban J connectivity index is 2.74. The summed E-state index contributed by atoms with van der Waals surface area (Å²) in [6.45, 7) is 6.46. The topological polar surface area (TPSA) is 40.5 Å². The van der Waals surface area contributed by atoms with Gasteiger partial charge in [-0.2, -0.15) is 0 Å². The van der Waals surface area contributed by atoms with Crippen molar-refractivity contribution >= 4 is 11.7 Å². The van der Waals surface area contributed by atoms with Gasteiger partial charge in [0.2, 0.25) is 0 Å². The van der Waals surface area contributed by atoms with E-state index < -0.39 is 5.97 Å². The van der Waals surface area contributed by atoms with Gasteiger partial charge in [0.15, 0.2) is 0 Å². The van der Waals surface area contributed by atoms with E-state index in [1.54, 1.807) is 0 Å². The highest BCUT2D eigenvalue weighted by atomic mass is 16.4. The molecule has 0 heterocycles. The van der Waals surface area contributed by atoms with Gasteiger partial charge >= 0.3 is 5.97 Å². The Bertz CT molecular complexity index is 371. The maximum absolute atomic E-state index is 10.6. The Hall–Kier alpha value is -1.51. The van der Waals surface area contributed by atoms with E-state index in [0.717, 1.165) is 31.5 Å². The average molecular weight is 249 g/mol. The number of benzene rings is 1. The van der Waals surface area contributed by atoms with Crippen molar-refractivity contribution < 1.29 is 9.90 Å². The first-order chi connectivity index (χ1) is 8.67. The second-order valence-electron chi connectivity index (χ2n) is 4.55. The lowest BCUT2D eigenvalue weighted by atomic mass is 10.1. The summed E-state index contributed by atoms with van der Waals surface area (Å²) in [4.78, 5) is 13.0. The fourth-order valence-corrected chi connectivity index (χ4v) is 2.07. The molecular formula is C15H23NO2. The van der Waals surface area contributed by atoms with Gasteiger partial charge in [0, 0.05) is 25.2 Å². The van der Waals surface area contributed by atoms with Crippen LogP contribution in [0.15, 0.2) is 24.3 Å². The van der Waals surface area contributed by atoms with Gasteiger partial charge in [-0.1, -0.05) is 26.0 Å². The molecule has 0 fully saturated rings. The Morgan fingerprint density at radius 1 is 1.22 bits per heavy atom. The zero-order valence-electron chi connectivity index (χ0n) is 11.4. The van der Waals surface area contributed by atoms with E-state index in [-0.39, 0.29) is 6.42 Å². The Kier molecular flexibility index (Phi) is 6.26. The number of nitrogens with zero attached hydrogens (tertiary/aromatic N) is 1. The number of aliphatic carboxylic acids is 1. The van der Waals surface area contributed by atoms with Crippen LogP contribution in [0.1, 0.15) is 38.7 Å². The van der Waals surface area contributed by atoms with Gasteiger partial charge in [-0.15, -0.1) is 0 Å². The second kappa shape index (κ2) is 7.75. The van der Waals surface area contributed by atoms with E-state index >= 15 is 0 Å². The number of aryl methyl sites for hydroxylation is 1. The van der Waals surface area contributed by atoms with Crippen LogP contribution < -0.4 is 4.90 Å². The molecule has 0 saturated heterocycles. The molecule has 100 valence electrons. The van der Waals surface area contributed by atoms with Gasteiger partial charge in [0.05, 0.1) is 0 Å². The first-order valence-corrected chi connectivity index (χ1v) is 6.73. The molecule has 0 unspecified atom stereocenters. The van der Waals surface area contributed by atoms with Crippen molar-refractivity contribution in [2.75, 3.05) is 18.0 Å². The van der Waals surface area contributed by atoms with Crippen molar-refractivity contribution in [1.29, 1.82) is 0 Å². The van der Waals surface area contributed by atoms with E-state index in [4.69, 9.17) is 5.11 Å². The highest BCUT2D eigenvalue weighted by Crippen LogP contribution is 2.18. The van der Waals surface area contributed by atoms with E-state index in [0.29, 0.717) is 6.42 Å². The predicted molar refractivity (Wildman–Crippen MR) is 75.2 cm³/mol. The summed E-state index contributed by atoms with van der Waals surface area (Å²) in [7, 11) is 0. The monoisotopic (exact) mass is 249 g/mol. The van der Waals surface area contributed by atoms with E-state index in [1.807, 2.05) is 12.1 Å². The highest BCUT2D eigenvalue weighted by molar-refractivity contribution is 5.67. The molecule has 0 atom stereocenters. The quantitative estimate of drug-likeness (QED) is 0.768. The van der Waals surface area contributed by atoms with Crippen LogP contribution in [0, 0.1) is 0 Å². The maximum Gasteiger partial charge on any atom is 0.303 e. The third-order valence-electron chi connectivity index (χ3n) is 2.89. The van der Waals surface area contributed by atoms with Gasteiger partial charge in [-0.25, -0.2) is 0 Å². The van der Waals surface area contributed by atoms with E-state index in [2.05, 4.69) is 30.9 Å². The summed E-state index contributed by atoms with van der Waals surface area (Å²) in [6, 6.07) is 8.25. The maximum atomic E-state index is 10.6. The summed E-state index contributed by atoms with van der Waals surface area (Å²) in [5.74, 6) is -0.737. The van der Waals surface area contributed by atoms with Crippen LogP contribution in [-0.2, 0) is 11.2 Å². The molecule has 0 aliphatic heterocycles. The van der Waals surface area contributed by atoms with Crippen molar-refractivity contribution in [1.82, 2.24) is 0 Å². The first-order valence-electron chi connectivity index (χ1n) is 6.73. The molecule has 1 N–H and O–H groups in total. The van der Waals surface area contributed by atoms with Crippen LogP contribution in [0.3, 0.4) is 0 Å². The van der Waals surface area contributed by atoms with Crippen LogP contribution in [0.2, 0.25) is 0 Å². The van der Waals surface area contributed by atoms with Gasteiger partial charge in [-0.05, 0) is 37.0 Å². The summed E-state index contributed by atoms with van der Waals surface area (Å²) in [5.41, 5.74) is 2.31. The summed E-state index contributed by atoms with van der Waals surface area (Å²) in [5, 5.41) is 8.71. The van der Waals surface area contributed by atoms with Gasteiger partial charge < -0.3 is 10.0 Å². The highest BCUT2D eigenvalue weighted by Gasteiger charge is 2.06. The third-order valence-corrected chi connectivity index (χ3v) is 2.89. The first kappa shape index (κ1) is 14.6. The minimum absolute atomic E-state index is 0.199. The molecule has 3 nitrogen and oxygen atoms in total. The fourth-order valence-electron chi connectivity index (χ4n) is 2.07. The van der Waals surface area contributed by atoms with Crippen LogP contribution in [0.25, 0.3) is 0 Å². The number of anilines is 1.